The number of hydrogen-bond donors (Lipinski definition) is 3. The Kier molecular flexibility index (Phi) is 3.96. The highest BCUT2D eigenvalue weighted by molar-refractivity contribution is 5.79. The molecule has 0 amide bonds. The first-order valence-electron chi connectivity index (χ1n) is 6.33. The van der Waals surface area contributed by atoms with Crippen LogP contribution in [-0.2, 0) is 11.3 Å². The first-order chi connectivity index (χ1) is 9.03. The number of likely N-dealkylation sites (tertiary alicyclic amines) is 1. The minimum atomic E-state index is -1.12. The lowest BCUT2D eigenvalue weighted by Gasteiger charge is -2.19. The lowest BCUT2D eigenvalue weighted by atomic mass is 10.0. The summed E-state index contributed by atoms with van der Waals surface area (Å²) in [4.78, 5) is 21.4. The Morgan fingerprint density at radius 2 is 2.26 bits per heavy atom. The predicted octanol–water partition coefficient (Wildman–Crippen LogP) is -0.104. The van der Waals surface area contributed by atoms with Crippen LogP contribution >= 0.6 is 0 Å². The molecular formula is C12H19N5O2. The Balaban J connectivity index is 1.94. The second-order valence-corrected chi connectivity index (χ2v) is 4.87. The standard InChI is InChI=1S/C12H19N5O2/c1-2-14-11-15-5-9(6-16-11)7-17-4-3-12(13,8-17)10(18)19/h5-6H,2-4,7-8,13H2,1H3,(H,18,19)(H,14,15,16)/t12-/m1/s1. The highest BCUT2D eigenvalue weighted by atomic mass is 16.4. The van der Waals surface area contributed by atoms with Crippen molar-refractivity contribution < 1.29 is 9.90 Å². The Morgan fingerprint density at radius 1 is 1.58 bits per heavy atom. The number of carbonyl (C=O) groups is 1. The normalized spacial score (nSPS) is 23.5. The van der Waals surface area contributed by atoms with E-state index in [1.54, 1.807) is 12.4 Å². The van der Waals surface area contributed by atoms with Crippen LogP contribution in [-0.4, -0.2) is 51.1 Å². The molecule has 1 aromatic rings. The molecule has 1 aromatic heterocycles. The largest absolute Gasteiger partial charge is 0.480 e. The number of rotatable bonds is 5. The fourth-order valence-electron chi connectivity index (χ4n) is 2.17. The maximum absolute atomic E-state index is 11.1. The van der Waals surface area contributed by atoms with Gasteiger partial charge in [-0.15, -0.1) is 0 Å². The highest BCUT2D eigenvalue weighted by Crippen LogP contribution is 2.20. The zero-order valence-corrected chi connectivity index (χ0v) is 11.0. The average molecular weight is 265 g/mol. The van der Waals surface area contributed by atoms with Crippen LogP contribution in [0.5, 0.6) is 0 Å². The third-order valence-corrected chi connectivity index (χ3v) is 3.25. The van der Waals surface area contributed by atoms with Gasteiger partial charge in [-0.05, 0) is 13.3 Å². The number of aliphatic carboxylic acids is 1. The molecule has 0 spiro atoms. The van der Waals surface area contributed by atoms with Crippen LogP contribution in [0.15, 0.2) is 12.4 Å². The lowest BCUT2D eigenvalue weighted by Crippen LogP contribution is -2.50. The Bertz CT molecular complexity index is 450. The van der Waals surface area contributed by atoms with Crippen LogP contribution in [0.3, 0.4) is 0 Å². The van der Waals surface area contributed by atoms with Crippen molar-refractivity contribution in [3.8, 4) is 0 Å². The van der Waals surface area contributed by atoms with Crippen molar-refractivity contribution in [1.82, 2.24) is 14.9 Å². The van der Waals surface area contributed by atoms with Crippen LogP contribution in [0.1, 0.15) is 18.9 Å². The smallest absolute Gasteiger partial charge is 0.325 e. The van der Waals surface area contributed by atoms with Crippen molar-refractivity contribution in [2.45, 2.75) is 25.4 Å². The summed E-state index contributed by atoms with van der Waals surface area (Å²) < 4.78 is 0. The van der Waals surface area contributed by atoms with E-state index in [0.29, 0.717) is 32.0 Å². The van der Waals surface area contributed by atoms with E-state index in [2.05, 4.69) is 15.3 Å². The van der Waals surface area contributed by atoms with Gasteiger partial charge >= 0.3 is 5.97 Å². The molecule has 19 heavy (non-hydrogen) atoms. The van der Waals surface area contributed by atoms with E-state index in [-0.39, 0.29) is 0 Å². The molecule has 2 heterocycles. The number of hydrogen-bond acceptors (Lipinski definition) is 6. The maximum Gasteiger partial charge on any atom is 0.325 e. The van der Waals surface area contributed by atoms with Gasteiger partial charge in [-0.3, -0.25) is 9.69 Å². The van der Waals surface area contributed by atoms with Crippen LogP contribution < -0.4 is 11.1 Å². The monoisotopic (exact) mass is 265 g/mol. The van der Waals surface area contributed by atoms with Gasteiger partial charge in [0.25, 0.3) is 0 Å². The second kappa shape index (κ2) is 5.50. The third-order valence-electron chi connectivity index (χ3n) is 3.25. The van der Waals surface area contributed by atoms with Gasteiger partial charge in [0.15, 0.2) is 0 Å². The van der Waals surface area contributed by atoms with Crippen molar-refractivity contribution >= 4 is 11.9 Å². The van der Waals surface area contributed by atoms with Crippen molar-refractivity contribution in [1.29, 1.82) is 0 Å². The first-order valence-corrected chi connectivity index (χ1v) is 6.33. The van der Waals surface area contributed by atoms with E-state index in [1.807, 2.05) is 11.8 Å². The summed E-state index contributed by atoms with van der Waals surface area (Å²) in [6.07, 6.45) is 3.98. The molecule has 7 nitrogen and oxygen atoms in total. The van der Waals surface area contributed by atoms with Gasteiger partial charge in [-0.25, -0.2) is 9.97 Å². The van der Waals surface area contributed by atoms with Gasteiger partial charge in [0.1, 0.15) is 5.54 Å². The molecule has 2 rings (SSSR count). The zero-order chi connectivity index (χ0) is 13.9. The van der Waals surface area contributed by atoms with Gasteiger partial charge in [0, 0.05) is 44.1 Å². The summed E-state index contributed by atoms with van der Waals surface area (Å²) >= 11 is 0. The minimum absolute atomic E-state index is 0.358. The van der Waals surface area contributed by atoms with Crippen molar-refractivity contribution in [3.05, 3.63) is 18.0 Å². The number of nitrogens with zero attached hydrogens (tertiary/aromatic N) is 3. The first kappa shape index (κ1) is 13.7. The number of anilines is 1. The van der Waals surface area contributed by atoms with Crippen molar-refractivity contribution in [2.24, 2.45) is 5.73 Å². The van der Waals surface area contributed by atoms with Crippen molar-refractivity contribution in [3.63, 3.8) is 0 Å². The maximum atomic E-state index is 11.1. The molecule has 0 saturated carbocycles. The molecule has 104 valence electrons. The molecule has 1 atom stereocenters. The molecule has 4 N–H and O–H groups in total. The Labute approximate surface area is 111 Å². The zero-order valence-electron chi connectivity index (χ0n) is 11.0. The van der Waals surface area contributed by atoms with E-state index >= 15 is 0 Å². The van der Waals surface area contributed by atoms with Crippen LogP contribution in [0.2, 0.25) is 0 Å². The number of carboxylic acids is 1. The van der Waals surface area contributed by atoms with Gasteiger partial charge in [0.2, 0.25) is 5.95 Å². The SMILES string of the molecule is CCNc1ncc(CN2CC[C@](N)(C(=O)O)C2)cn1. The number of nitrogens with one attached hydrogen (secondary N) is 1. The molecule has 1 fully saturated rings. The van der Waals surface area contributed by atoms with E-state index in [4.69, 9.17) is 10.8 Å². The fourth-order valence-corrected chi connectivity index (χ4v) is 2.17. The summed E-state index contributed by atoms with van der Waals surface area (Å²) in [5, 5.41) is 12.1. The van der Waals surface area contributed by atoms with Crippen LogP contribution in [0.4, 0.5) is 5.95 Å². The van der Waals surface area contributed by atoms with E-state index < -0.39 is 11.5 Å². The summed E-state index contributed by atoms with van der Waals surface area (Å²) in [5.74, 6) is -0.333. The quantitative estimate of drug-likeness (QED) is 0.682. The van der Waals surface area contributed by atoms with Crippen molar-refractivity contribution in [2.75, 3.05) is 25.0 Å². The van der Waals surface area contributed by atoms with Crippen LogP contribution in [0, 0.1) is 0 Å². The van der Waals surface area contributed by atoms with E-state index in [0.717, 1.165) is 12.1 Å². The second-order valence-electron chi connectivity index (χ2n) is 4.87. The molecule has 0 radical (unpaired) electrons. The van der Waals surface area contributed by atoms with Gasteiger partial charge in [-0.2, -0.15) is 0 Å². The average Bonchev–Trinajstić information content (AvgIpc) is 2.75. The highest BCUT2D eigenvalue weighted by Gasteiger charge is 2.41. The lowest BCUT2D eigenvalue weighted by molar-refractivity contribution is -0.142. The number of nitrogens with two attached hydrogens (primary N) is 1. The summed E-state index contributed by atoms with van der Waals surface area (Å²) in [6, 6.07) is 0. The molecule has 7 heteroatoms. The minimum Gasteiger partial charge on any atom is -0.480 e. The predicted molar refractivity (Wildman–Crippen MR) is 70.6 cm³/mol. The molecule has 1 aliphatic rings. The van der Waals surface area contributed by atoms with Gasteiger partial charge < -0.3 is 16.2 Å². The van der Waals surface area contributed by atoms with Gasteiger partial charge in [-0.1, -0.05) is 0 Å². The number of aromatic nitrogens is 2. The summed E-state index contributed by atoms with van der Waals surface area (Å²) in [7, 11) is 0. The van der Waals surface area contributed by atoms with Gasteiger partial charge in [0.05, 0.1) is 0 Å². The fraction of sp³-hybridized carbons (Fsp3) is 0.583. The summed E-state index contributed by atoms with van der Waals surface area (Å²) in [5.41, 5.74) is 5.66. The topological polar surface area (TPSA) is 104 Å². The Hall–Kier alpha value is -1.73. The Morgan fingerprint density at radius 3 is 2.79 bits per heavy atom. The molecule has 1 aliphatic heterocycles. The van der Waals surface area contributed by atoms with E-state index in [9.17, 15) is 4.79 Å². The summed E-state index contributed by atoms with van der Waals surface area (Å²) in [6.45, 7) is 4.42. The van der Waals surface area contributed by atoms with E-state index in [1.165, 1.54) is 0 Å². The third kappa shape index (κ3) is 3.18. The molecule has 0 aliphatic carbocycles. The number of carboxylic acid groups (broad SMARTS) is 1. The molecule has 0 unspecified atom stereocenters. The molecule has 1 saturated heterocycles. The molecule has 0 bridgehead atoms. The van der Waals surface area contributed by atoms with Crippen LogP contribution in [0.25, 0.3) is 0 Å². The molecule has 0 aromatic carbocycles. The molecular weight excluding hydrogens is 246 g/mol.